The number of benzene rings is 3. The number of hydrogen-bond donors (Lipinski definition) is 2. The molecule has 0 saturated heterocycles. The minimum absolute atomic E-state index is 0.179. The van der Waals surface area contributed by atoms with E-state index in [0.717, 1.165) is 33.8 Å². The summed E-state index contributed by atoms with van der Waals surface area (Å²) in [5.74, 6) is 0.548. The summed E-state index contributed by atoms with van der Waals surface area (Å²) in [7, 11) is 0. The van der Waals surface area contributed by atoms with E-state index in [9.17, 15) is 4.79 Å². The Balaban J connectivity index is 1.67. The molecule has 5 rings (SSSR count). The first-order chi connectivity index (χ1) is 15.0. The van der Waals surface area contributed by atoms with Gasteiger partial charge in [0.25, 0.3) is 5.91 Å². The molecule has 6 heteroatoms. The Kier molecular flexibility index (Phi) is 4.75. The fraction of sp³-hybridized carbons (Fsp3) is 0.120. The fourth-order valence-electron chi connectivity index (χ4n) is 4.18. The minimum Gasteiger partial charge on any atom is -0.329 e. The second-order valence-corrected chi connectivity index (χ2v) is 8.18. The van der Waals surface area contributed by atoms with Gasteiger partial charge in [-0.15, -0.1) is 0 Å². The standard InChI is InChI=1S/C25H21ClN4O/c1-15-7-5-8-17(13-15)23-22(24(31)28-19-10-6-9-18(26)14-19)16(2)27-25-29-20-11-3-4-12-21(20)30(23)25/h3-14,23H,1-2H3,(H,27,29)(H,28,31)/t23-/m1/s1. The molecule has 5 nitrogen and oxygen atoms in total. The molecular formula is C25H21ClN4O. The summed E-state index contributed by atoms with van der Waals surface area (Å²) >= 11 is 6.11. The van der Waals surface area contributed by atoms with E-state index in [1.54, 1.807) is 12.1 Å². The van der Waals surface area contributed by atoms with E-state index < -0.39 is 0 Å². The molecule has 0 unspecified atom stereocenters. The van der Waals surface area contributed by atoms with Crippen LogP contribution in [0.1, 0.15) is 24.1 Å². The van der Waals surface area contributed by atoms with E-state index in [2.05, 4.69) is 40.3 Å². The molecule has 1 aliphatic rings. The topological polar surface area (TPSA) is 59.0 Å². The third-order valence-electron chi connectivity index (χ3n) is 5.52. The zero-order valence-corrected chi connectivity index (χ0v) is 17.9. The molecule has 1 aromatic heterocycles. The van der Waals surface area contributed by atoms with Crippen molar-refractivity contribution in [2.45, 2.75) is 19.9 Å². The van der Waals surface area contributed by atoms with Gasteiger partial charge in [-0.25, -0.2) is 4.98 Å². The Bertz CT molecular complexity index is 1350. The first-order valence-electron chi connectivity index (χ1n) is 10.1. The number of imidazole rings is 1. The van der Waals surface area contributed by atoms with E-state index in [1.807, 2.05) is 49.4 Å². The summed E-state index contributed by atoms with van der Waals surface area (Å²) in [5, 5.41) is 6.92. The first-order valence-corrected chi connectivity index (χ1v) is 10.5. The molecule has 154 valence electrons. The summed E-state index contributed by atoms with van der Waals surface area (Å²) in [4.78, 5) is 18.3. The first kappa shape index (κ1) is 19.4. The molecule has 1 aliphatic heterocycles. The van der Waals surface area contributed by atoms with Crippen LogP contribution in [0, 0.1) is 6.92 Å². The van der Waals surface area contributed by atoms with Crippen molar-refractivity contribution in [2.75, 3.05) is 10.6 Å². The van der Waals surface area contributed by atoms with Crippen molar-refractivity contribution in [3.05, 3.63) is 100 Å². The monoisotopic (exact) mass is 428 g/mol. The average molecular weight is 429 g/mol. The summed E-state index contributed by atoms with van der Waals surface area (Å²) < 4.78 is 2.10. The van der Waals surface area contributed by atoms with E-state index in [1.165, 1.54) is 0 Å². The molecule has 0 saturated carbocycles. The van der Waals surface area contributed by atoms with Gasteiger partial charge in [-0.05, 0) is 49.7 Å². The van der Waals surface area contributed by atoms with Crippen molar-refractivity contribution in [3.8, 4) is 0 Å². The predicted molar refractivity (Wildman–Crippen MR) is 125 cm³/mol. The molecule has 4 aromatic rings. The number of rotatable bonds is 3. The van der Waals surface area contributed by atoms with Crippen LogP contribution in [-0.2, 0) is 4.79 Å². The van der Waals surface area contributed by atoms with Crippen molar-refractivity contribution in [2.24, 2.45) is 0 Å². The zero-order chi connectivity index (χ0) is 21.5. The fourth-order valence-corrected chi connectivity index (χ4v) is 4.37. The Morgan fingerprint density at radius 3 is 2.65 bits per heavy atom. The van der Waals surface area contributed by atoms with E-state index >= 15 is 0 Å². The van der Waals surface area contributed by atoms with Gasteiger partial charge >= 0.3 is 0 Å². The highest BCUT2D eigenvalue weighted by atomic mass is 35.5. The van der Waals surface area contributed by atoms with Crippen LogP contribution in [0.25, 0.3) is 11.0 Å². The summed E-state index contributed by atoms with van der Waals surface area (Å²) in [5.41, 5.74) is 6.08. The molecule has 1 amide bonds. The number of carbonyl (C=O) groups excluding carboxylic acids is 1. The molecule has 2 N–H and O–H groups in total. The number of halogens is 1. The Morgan fingerprint density at radius 1 is 1.03 bits per heavy atom. The van der Waals surface area contributed by atoms with Crippen LogP contribution in [0.3, 0.4) is 0 Å². The second-order valence-electron chi connectivity index (χ2n) is 7.74. The quantitative estimate of drug-likeness (QED) is 0.425. The van der Waals surface area contributed by atoms with Gasteiger partial charge in [-0.1, -0.05) is 59.6 Å². The maximum Gasteiger partial charge on any atom is 0.255 e. The lowest BCUT2D eigenvalue weighted by Crippen LogP contribution is -2.31. The van der Waals surface area contributed by atoms with Crippen molar-refractivity contribution in [1.82, 2.24) is 9.55 Å². The lowest BCUT2D eigenvalue weighted by atomic mass is 9.93. The number of carbonyl (C=O) groups is 1. The second kappa shape index (κ2) is 7.60. The zero-order valence-electron chi connectivity index (χ0n) is 17.2. The van der Waals surface area contributed by atoms with Gasteiger partial charge in [0.05, 0.1) is 22.6 Å². The third kappa shape index (κ3) is 3.47. The lowest BCUT2D eigenvalue weighted by molar-refractivity contribution is -0.113. The van der Waals surface area contributed by atoms with Crippen LogP contribution in [0.15, 0.2) is 84.1 Å². The Labute approximate surface area is 185 Å². The van der Waals surface area contributed by atoms with Crippen molar-refractivity contribution >= 4 is 40.2 Å². The van der Waals surface area contributed by atoms with Gasteiger partial charge in [0.1, 0.15) is 0 Å². The molecule has 3 aromatic carbocycles. The minimum atomic E-state index is -0.317. The number of nitrogens with zero attached hydrogens (tertiary/aromatic N) is 2. The molecule has 0 spiro atoms. The van der Waals surface area contributed by atoms with Crippen molar-refractivity contribution in [3.63, 3.8) is 0 Å². The van der Waals surface area contributed by atoms with Crippen LogP contribution in [0.2, 0.25) is 5.02 Å². The highest BCUT2D eigenvalue weighted by molar-refractivity contribution is 6.31. The summed E-state index contributed by atoms with van der Waals surface area (Å²) in [6.07, 6.45) is 0. The van der Waals surface area contributed by atoms with Crippen LogP contribution in [0.5, 0.6) is 0 Å². The number of aromatic nitrogens is 2. The molecule has 0 aliphatic carbocycles. The average Bonchev–Trinajstić information content (AvgIpc) is 3.10. The molecule has 0 radical (unpaired) electrons. The molecular weight excluding hydrogens is 408 g/mol. The maximum atomic E-state index is 13.5. The summed E-state index contributed by atoms with van der Waals surface area (Å²) in [6, 6.07) is 23.1. The van der Waals surface area contributed by atoms with Gasteiger partial charge in [0.15, 0.2) is 0 Å². The van der Waals surface area contributed by atoms with Crippen LogP contribution in [-0.4, -0.2) is 15.5 Å². The van der Waals surface area contributed by atoms with Crippen LogP contribution < -0.4 is 10.6 Å². The highest BCUT2D eigenvalue weighted by Crippen LogP contribution is 2.39. The number of hydrogen-bond acceptors (Lipinski definition) is 3. The smallest absolute Gasteiger partial charge is 0.255 e. The van der Waals surface area contributed by atoms with Gasteiger partial charge in [-0.3, -0.25) is 9.36 Å². The molecule has 2 heterocycles. The van der Waals surface area contributed by atoms with Crippen LogP contribution >= 0.6 is 11.6 Å². The Morgan fingerprint density at radius 2 is 1.84 bits per heavy atom. The van der Waals surface area contributed by atoms with Crippen LogP contribution in [0.4, 0.5) is 11.6 Å². The maximum absolute atomic E-state index is 13.5. The van der Waals surface area contributed by atoms with Crippen molar-refractivity contribution < 1.29 is 4.79 Å². The third-order valence-corrected chi connectivity index (χ3v) is 5.75. The predicted octanol–water partition coefficient (Wildman–Crippen LogP) is 5.93. The molecule has 31 heavy (non-hydrogen) atoms. The molecule has 0 fully saturated rings. The number of amides is 1. The number of anilines is 2. The number of aryl methyl sites for hydroxylation is 1. The van der Waals surface area contributed by atoms with Crippen molar-refractivity contribution in [1.29, 1.82) is 0 Å². The van der Waals surface area contributed by atoms with Gasteiger partial charge < -0.3 is 10.6 Å². The van der Waals surface area contributed by atoms with Gasteiger partial charge in [-0.2, -0.15) is 0 Å². The number of fused-ring (bicyclic) bond motifs is 3. The van der Waals surface area contributed by atoms with E-state index in [4.69, 9.17) is 16.6 Å². The SMILES string of the molecule is CC1=C(C(=O)Nc2cccc(Cl)c2)[C@@H](c2cccc(C)c2)n2c(nc3ccccc32)N1. The number of allylic oxidation sites excluding steroid dienone is 1. The van der Waals surface area contributed by atoms with E-state index in [-0.39, 0.29) is 11.9 Å². The van der Waals surface area contributed by atoms with E-state index in [0.29, 0.717) is 16.3 Å². The summed E-state index contributed by atoms with van der Waals surface area (Å²) in [6.45, 7) is 3.97. The normalized spacial score (nSPS) is 15.5. The number of para-hydroxylation sites is 2. The number of nitrogens with one attached hydrogen (secondary N) is 2. The molecule has 1 atom stereocenters. The lowest BCUT2D eigenvalue weighted by Gasteiger charge is -2.31. The molecule has 0 bridgehead atoms. The van der Waals surface area contributed by atoms with Gasteiger partial charge in [0.2, 0.25) is 5.95 Å². The van der Waals surface area contributed by atoms with Gasteiger partial charge in [0, 0.05) is 16.4 Å². The highest BCUT2D eigenvalue weighted by Gasteiger charge is 2.34. The largest absolute Gasteiger partial charge is 0.329 e. The Hall–Kier alpha value is -3.57.